The molecule has 2 heterocycles. The Bertz CT molecular complexity index is 770. The maximum Gasteiger partial charge on any atom is 0.119 e. The summed E-state index contributed by atoms with van der Waals surface area (Å²) in [6.45, 7) is 3.63. The number of aryl methyl sites for hydroxylation is 1. The highest BCUT2D eigenvalue weighted by atomic mass is 16.6. The zero-order chi connectivity index (χ0) is 14.2. The molecule has 1 saturated heterocycles. The van der Waals surface area contributed by atoms with Crippen LogP contribution in [0.25, 0.3) is 22.2 Å². The van der Waals surface area contributed by atoms with Crippen molar-refractivity contribution in [2.75, 3.05) is 13.2 Å². The van der Waals surface area contributed by atoms with Crippen molar-refractivity contribution in [2.24, 2.45) is 0 Å². The lowest BCUT2D eigenvalue weighted by Gasteiger charge is -2.06. The Balaban J connectivity index is 1.63. The van der Waals surface area contributed by atoms with Crippen molar-refractivity contribution < 1.29 is 9.47 Å². The molecule has 0 spiro atoms. The molecule has 1 fully saturated rings. The number of hydrogen-bond donors (Lipinski definition) is 1. The minimum absolute atomic E-state index is 0.292. The standard InChI is InChI=1S/C18H17NO2/c1-12-16-4-2-3-5-17(16)19-18(12)13-6-8-14(9-7-13)20-10-15-11-21-15/h2-9,15,19H,10-11H2,1H3. The van der Waals surface area contributed by atoms with Crippen LogP contribution in [0.4, 0.5) is 0 Å². The SMILES string of the molecule is Cc1c(-c2ccc(OCC3CO3)cc2)[nH]c2ccccc12. The average molecular weight is 279 g/mol. The van der Waals surface area contributed by atoms with Crippen molar-refractivity contribution in [1.82, 2.24) is 4.98 Å². The number of epoxide rings is 1. The normalized spacial score (nSPS) is 17.1. The summed E-state index contributed by atoms with van der Waals surface area (Å²) in [6, 6.07) is 16.6. The van der Waals surface area contributed by atoms with E-state index in [1.807, 2.05) is 12.1 Å². The number of aromatic nitrogens is 1. The number of nitrogens with one attached hydrogen (secondary N) is 1. The van der Waals surface area contributed by atoms with Crippen LogP contribution in [-0.4, -0.2) is 24.3 Å². The Kier molecular flexibility index (Phi) is 2.93. The molecule has 106 valence electrons. The topological polar surface area (TPSA) is 37.5 Å². The second-order valence-corrected chi connectivity index (χ2v) is 5.46. The van der Waals surface area contributed by atoms with E-state index >= 15 is 0 Å². The van der Waals surface area contributed by atoms with Gasteiger partial charge in [-0.15, -0.1) is 0 Å². The van der Waals surface area contributed by atoms with Crippen LogP contribution in [0.15, 0.2) is 48.5 Å². The van der Waals surface area contributed by atoms with Gasteiger partial charge in [-0.05, 0) is 48.4 Å². The summed E-state index contributed by atoms with van der Waals surface area (Å²) in [5.41, 5.74) is 4.81. The van der Waals surface area contributed by atoms with Gasteiger partial charge < -0.3 is 14.5 Å². The number of benzene rings is 2. The van der Waals surface area contributed by atoms with Crippen LogP contribution in [0.5, 0.6) is 5.75 Å². The minimum Gasteiger partial charge on any atom is -0.491 e. The van der Waals surface area contributed by atoms with Crippen molar-refractivity contribution in [3.05, 3.63) is 54.1 Å². The Morgan fingerprint density at radius 1 is 1.14 bits per heavy atom. The highest BCUT2D eigenvalue weighted by Gasteiger charge is 2.23. The summed E-state index contributed by atoms with van der Waals surface area (Å²) in [5.74, 6) is 0.892. The van der Waals surface area contributed by atoms with Gasteiger partial charge in [0.1, 0.15) is 18.5 Å². The molecule has 3 heteroatoms. The first-order valence-electron chi connectivity index (χ1n) is 7.23. The molecular weight excluding hydrogens is 262 g/mol. The summed E-state index contributed by atoms with van der Waals surface area (Å²) in [7, 11) is 0. The second-order valence-electron chi connectivity index (χ2n) is 5.46. The number of H-pyrrole nitrogens is 1. The largest absolute Gasteiger partial charge is 0.491 e. The Morgan fingerprint density at radius 2 is 1.90 bits per heavy atom. The molecule has 1 atom stereocenters. The van der Waals surface area contributed by atoms with Gasteiger partial charge in [0.05, 0.1) is 6.61 Å². The van der Waals surface area contributed by atoms with E-state index < -0.39 is 0 Å². The third-order valence-electron chi connectivity index (χ3n) is 3.95. The third kappa shape index (κ3) is 2.41. The fraction of sp³-hybridized carbons (Fsp3) is 0.222. The minimum atomic E-state index is 0.292. The van der Waals surface area contributed by atoms with Gasteiger partial charge in [0.2, 0.25) is 0 Å². The molecular formula is C18H17NO2. The first-order valence-corrected chi connectivity index (χ1v) is 7.23. The molecule has 2 aromatic carbocycles. The highest BCUT2D eigenvalue weighted by molar-refractivity contribution is 5.90. The molecule has 0 aliphatic carbocycles. The Hall–Kier alpha value is -2.26. The van der Waals surface area contributed by atoms with Crippen molar-refractivity contribution in [2.45, 2.75) is 13.0 Å². The predicted molar refractivity (Wildman–Crippen MR) is 83.7 cm³/mol. The van der Waals surface area contributed by atoms with E-state index in [2.05, 4.69) is 48.3 Å². The lowest BCUT2D eigenvalue weighted by atomic mass is 10.1. The molecule has 3 aromatic rings. The zero-order valence-electron chi connectivity index (χ0n) is 11.9. The van der Waals surface area contributed by atoms with E-state index in [9.17, 15) is 0 Å². The molecule has 1 aliphatic rings. The van der Waals surface area contributed by atoms with Crippen LogP contribution in [0.3, 0.4) is 0 Å². The second kappa shape index (κ2) is 4.93. The fourth-order valence-electron chi connectivity index (χ4n) is 2.64. The first kappa shape index (κ1) is 12.5. The van der Waals surface area contributed by atoms with Crippen LogP contribution >= 0.6 is 0 Å². The number of ether oxygens (including phenoxy) is 2. The summed E-state index contributed by atoms with van der Waals surface area (Å²) >= 11 is 0. The summed E-state index contributed by atoms with van der Waals surface area (Å²) < 4.78 is 10.8. The number of fused-ring (bicyclic) bond motifs is 1. The van der Waals surface area contributed by atoms with Gasteiger partial charge in [0, 0.05) is 16.6 Å². The third-order valence-corrected chi connectivity index (χ3v) is 3.95. The molecule has 21 heavy (non-hydrogen) atoms. The van der Waals surface area contributed by atoms with E-state index in [-0.39, 0.29) is 0 Å². The van der Waals surface area contributed by atoms with Crippen LogP contribution in [0.1, 0.15) is 5.56 Å². The van der Waals surface area contributed by atoms with Gasteiger partial charge in [-0.2, -0.15) is 0 Å². The maximum absolute atomic E-state index is 5.67. The highest BCUT2D eigenvalue weighted by Crippen LogP contribution is 2.30. The molecule has 0 saturated carbocycles. The van der Waals surface area contributed by atoms with Crippen LogP contribution in [0.2, 0.25) is 0 Å². The molecule has 4 rings (SSSR count). The fourth-order valence-corrected chi connectivity index (χ4v) is 2.64. The van der Waals surface area contributed by atoms with Crippen molar-refractivity contribution in [3.63, 3.8) is 0 Å². The van der Waals surface area contributed by atoms with E-state index in [1.165, 1.54) is 27.7 Å². The lowest BCUT2D eigenvalue weighted by Crippen LogP contribution is -2.03. The van der Waals surface area contributed by atoms with Crippen LogP contribution in [0, 0.1) is 6.92 Å². The maximum atomic E-state index is 5.67. The van der Waals surface area contributed by atoms with Gasteiger partial charge in [0.15, 0.2) is 0 Å². The quantitative estimate of drug-likeness (QED) is 0.735. The Morgan fingerprint density at radius 3 is 2.62 bits per heavy atom. The molecule has 0 bridgehead atoms. The summed E-state index contributed by atoms with van der Waals surface area (Å²) in [6.07, 6.45) is 0.292. The van der Waals surface area contributed by atoms with Crippen LogP contribution in [-0.2, 0) is 4.74 Å². The van der Waals surface area contributed by atoms with E-state index in [0.29, 0.717) is 12.7 Å². The molecule has 1 aromatic heterocycles. The molecule has 1 unspecified atom stereocenters. The summed E-state index contributed by atoms with van der Waals surface area (Å²) in [4.78, 5) is 3.50. The van der Waals surface area contributed by atoms with Crippen molar-refractivity contribution >= 4 is 10.9 Å². The number of para-hydroxylation sites is 1. The number of rotatable bonds is 4. The van der Waals surface area contributed by atoms with Gasteiger partial charge >= 0.3 is 0 Å². The smallest absolute Gasteiger partial charge is 0.119 e. The van der Waals surface area contributed by atoms with Gasteiger partial charge in [-0.25, -0.2) is 0 Å². The monoisotopic (exact) mass is 279 g/mol. The van der Waals surface area contributed by atoms with Gasteiger partial charge in [-0.1, -0.05) is 18.2 Å². The molecule has 1 N–H and O–H groups in total. The lowest BCUT2D eigenvalue weighted by molar-refractivity contribution is 0.263. The van der Waals surface area contributed by atoms with E-state index in [1.54, 1.807) is 0 Å². The number of aromatic amines is 1. The van der Waals surface area contributed by atoms with Crippen molar-refractivity contribution in [3.8, 4) is 17.0 Å². The van der Waals surface area contributed by atoms with Gasteiger partial charge in [-0.3, -0.25) is 0 Å². The van der Waals surface area contributed by atoms with E-state index in [0.717, 1.165) is 12.4 Å². The zero-order valence-corrected chi connectivity index (χ0v) is 11.9. The van der Waals surface area contributed by atoms with Crippen molar-refractivity contribution in [1.29, 1.82) is 0 Å². The summed E-state index contributed by atoms with van der Waals surface area (Å²) in [5, 5.41) is 1.28. The molecule has 3 nitrogen and oxygen atoms in total. The molecule has 1 aliphatic heterocycles. The molecule has 0 radical (unpaired) electrons. The predicted octanol–water partition coefficient (Wildman–Crippen LogP) is 3.92. The average Bonchev–Trinajstić information content (AvgIpc) is 3.30. The van der Waals surface area contributed by atoms with E-state index in [4.69, 9.17) is 9.47 Å². The first-order chi connectivity index (χ1) is 10.3. The number of hydrogen-bond acceptors (Lipinski definition) is 2. The van der Waals surface area contributed by atoms with Crippen LogP contribution < -0.4 is 4.74 Å². The Labute approximate surface area is 123 Å². The molecule has 0 amide bonds. The van der Waals surface area contributed by atoms with Gasteiger partial charge in [0.25, 0.3) is 0 Å².